The van der Waals surface area contributed by atoms with E-state index >= 15 is 0 Å². The first-order valence-corrected chi connectivity index (χ1v) is 24.6. The minimum absolute atomic E-state index is 0.0875. The van der Waals surface area contributed by atoms with E-state index in [9.17, 15) is 14.7 Å². The standard InChI is InChI=1S/C49H97NO3/c1-3-5-7-9-11-13-15-17-19-20-21-23-24-26-30-34-38-42-47(51)43-39-35-31-28-29-33-37-41-45-49(53)50-46-48(52)44-40-36-32-27-25-22-18-16-14-12-10-8-6-4-2/h48,52H,3-46H2,1-2H3,(H,50,53). The fourth-order valence-corrected chi connectivity index (χ4v) is 7.84. The average molecular weight is 748 g/mol. The van der Waals surface area contributed by atoms with Crippen LogP contribution in [0.2, 0.25) is 0 Å². The molecule has 0 heterocycles. The van der Waals surface area contributed by atoms with Crippen LogP contribution in [0, 0.1) is 0 Å². The molecule has 1 amide bonds. The SMILES string of the molecule is CCCCCCCCCCCCCCCCCCCC(=O)CCCCCCCCCCC(=O)NCC(O)CCCCCCCCCCCCCCCC. The van der Waals surface area contributed by atoms with Gasteiger partial charge in [0.25, 0.3) is 0 Å². The number of rotatable bonds is 46. The summed E-state index contributed by atoms with van der Waals surface area (Å²) in [5.74, 6) is 0.566. The molecule has 0 aliphatic heterocycles. The lowest BCUT2D eigenvalue weighted by atomic mass is 10.0. The lowest BCUT2D eigenvalue weighted by Gasteiger charge is -2.12. The van der Waals surface area contributed by atoms with Crippen LogP contribution in [-0.2, 0) is 9.59 Å². The topological polar surface area (TPSA) is 66.4 Å². The number of nitrogens with one attached hydrogen (secondary N) is 1. The van der Waals surface area contributed by atoms with Crippen LogP contribution in [0.25, 0.3) is 0 Å². The summed E-state index contributed by atoms with van der Waals surface area (Å²) in [6, 6.07) is 0. The first-order chi connectivity index (χ1) is 26.1. The lowest BCUT2D eigenvalue weighted by Crippen LogP contribution is -2.31. The van der Waals surface area contributed by atoms with E-state index in [2.05, 4.69) is 19.2 Å². The normalized spacial score (nSPS) is 12.1. The van der Waals surface area contributed by atoms with Crippen molar-refractivity contribution in [1.29, 1.82) is 0 Å². The summed E-state index contributed by atoms with van der Waals surface area (Å²) in [5.41, 5.74) is 0. The van der Waals surface area contributed by atoms with E-state index in [0.717, 1.165) is 51.4 Å². The Bertz CT molecular complexity index is 725. The summed E-state index contributed by atoms with van der Waals surface area (Å²) in [7, 11) is 0. The highest BCUT2D eigenvalue weighted by atomic mass is 16.3. The molecule has 4 nitrogen and oxygen atoms in total. The molecule has 0 saturated carbocycles. The molecule has 0 fully saturated rings. The highest BCUT2D eigenvalue weighted by Gasteiger charge is 2.07. The molecule has 0 rings (SSSR count). The average Bonchev–Trinajstić information content (AvgIpc) is 3.16. The highest BCUT2D eigenvalue weighted by Crippen LogP contribution is 2.17. The van der Waals surface area contributed by atoms with Crippen LogP contribution >= 0.6 is 0 Å². The summed E-state index contributed by atoms with van der Waals surface area (Å²) < 4.78 is 0. The Morgan fingerprint density at radius 1 is 0.358 bits per heavy atom. The van der Waals surface area contributed by atoms with Gasteiger partial charge in [0.15, 0.2) is 0 Å². The van der Waals surface area contributed by atoms with Crippen LogP contribution < -0.4 is 5.32 Å². The smallest absolute Gasteiger partial charge is 0.220 e. The van der Waals surface area contributed by atoms with Crippen LogP contribution in [0.4, 0.5) is 0 Å². The third-order valence-corrected chi connectivity index (χ3v) is 11.6. The van der Waals surface area contributed by atoms with Crippen molar-refractivity contribution in [2.75, 3.05) is 6.54 Å². The number of unbranched alkanes of at least 4 members (excludes halogenated alkanes) is 36. The van der Waals surface area contributed by atoms with Gasteiger partial charge in [0.05, 0.1) is 6.10 Å². The fourth-order valence-electron chi connectivity index (χ4n) is 7.84. The number of ketones is 1. The highest BCUT2D eigenvalue weighted by molar-refractivity contribution is 5.78. The first-order valence-electron chi connectivity index (χ1n) is 24.6. The van der Waals surface area contributed by atoms with Gasteiger partial charge < -0.3 is 10.4 Å². The first kappa shape index (κ1) is 52.1. The molecule has 0 saturated heterocycles. The molecule has 0 aliphatic rings. The predicted molar refractivity (Wildman–Crippen MR) is 234 cm³/mol. The van der Waals surface area contributed by atoms with Gasteiger partial charge in [0.2, 0.25) is 5.91 Å². The van der Waals surface area contributed by atoms with E-state index in [1.54, 1.807) is 0 Å². The van der Waals surface area contributed by atoms with Gasteiger partial charge >= 0.3 is 0 Å². The second-order valence-corrected chi connectivity index (χ2v) is 17.1. The number of hydrogen-bond acceptors (Lipinski definition) is 3. The van der Waals surface area contributed by atoms with Crippen LogP contribution in [0.1, 0.15) is 290 Å². The molecule has 0 radical (unpaired) electrons. The van der Waals surface area contributed by atoms with E-state index in [1.165, 1.54) is 218 Å². The Morgan fingerprint density at radius 2 is 0.604 bits per heavy atom. The molecule has 316 valence electrons. The molecule has 53 heavy (non-hydrogen) atoms. The maximum atomic E-state index is 12.2. The summed E-state index contributed by atoms with van der Waals surface area (Å²) in [5, 5.41) is 13.2. The minimum atomic E-state index is -0.407. The Balaban J connectivity index is 3.31. The Hall–Kier alpha value is -0.900. The van der Waals surface area contributed by atoms with Crippen molar-refractivity contribution < 1.29 is 14.7 Å². The second kappa shape index (κ2) is 45.5. The minimum Gasteiger partial charge on any atom is -0.391 e. The summed E-state index contributed by atoms with van der Waals surface area (Å²) in [6.45, 7) is 4.97. The number of hydrogen-bond donors (Lipinski definition) is 2. The number of carbonyl (C=O) groups is 2. The summed E-state index contributed by atoms with van der Waals surface area (Å²) >= 11 is 0. The Labute approximate surface area is 333 Å². The third kappa shape index (κ3) is 45.4. The molecule has 0 aliphatic carbocycles. The van der Waals surface area contributed by atoms with Crippen molar-refractivity contribution in [2.24, 2.45) is 0 Å². The Morgan fingerprint density at radius 3 is 0.906 bits per heavy atom. The largest absolute Gasteiger partial charge is 0.391 e. The molecule has 4 heteroatoms. The van der Waals surface area contributed by atoms with E-state index in [0.29, 0.717) is 18.7 Å². The number of Topliss-reactive ketones (excluding diaryl/α,β-unsaturated/α-hetero) is 1. The van der Waals surface area contributed by atoms with Gasteiger partial charge in [0.1, 0.15) is 5.78 Å². The molecule has 2 N–H and O–H groups in total. The molecule has 0 spiro atoms. The molecule has 0 aromatic carbocycles. The maximum absolute atomic E-state index is 12.2. The zero-order valence-electron chi connectivity index (χ0n) is 36.5. The van der Waals surface area contributed by atoms with E-state index in [1.807, 2.05) is 0 Å². The quantitative estimate of drug-likeness (QED) is 0.0609. The zero-order chi connectivity index (χ0) is 38.6. The fraction of sp³-hybridized carbons (Fsp3) is 0.959. The molecule has 0 aromatic rings. The van der Waals surface area contributed by atoms with Crippen molar-refractivity contribution >= 4 is 11.7 Å². The Kier molecular flexibility index (Phi) is 44.7. The molecule has 0 aromatic heterocycles. The molecular weight excluding hydrogens is 651 g/mol. The number of aliphatic hydroxyl groups is 1. The molecular formula is C49H97NO3. The number of amides is 1. The van der Waals surface area contributed by atoms with Gasteiger partial charge in [-0.25, -0.2) is 0 Å². The van der Waals surface area contributed by atoms with Crippen LogP contribution in [0.5, 0.6) is 0 Å². The van der Waals surface area contributed by atoms with Gasteiger partial charge in [0, 0.05) is 25.8 Å². The molecule has 1 unspecified atom stereocenters. The van der Waals surface area contributed by atoms with E-state index in [-0.39, 0.29) is 5.91 Å². The second-order valence-electron chi connectivity index (χ2n) is 17.1. The van der Waals surface area contributed by atoms with Crippen molar-refractivity contribution in [2.45, 2.75) is 296 Å². The van der Waals surface area contributed by atoms with Gasteiger partial charge in [-0.3, -0.25) is 9.59 Å². The maximum Gasteiger partial charge on any atom is 0.220 e. The van der Waals surface area contributed by atoms with E-state index in [4.69, 9.17) is 0 Å². The van der Waals surface area contributed by atoms with Gasteiger partial charge in [-0.05, 0) is 25.7 Å². The van der Waals surface area contributed by atoms with Gasteiger partial charge in [-0.1, -0.05) is 245 Å². The zero-order valence-corrected chi connectivity index (χ0v) is 36.5. The van der Waals surface area contributed by atoms with E-state index < -0.39 is 6.10 Å². The number of aliphatic hydroxyl groups excluding tert-OH is 1. The third-order valence-electron chi connectivity index (χ3n) is 11.6. The predicted octanol–water partition coefficient (Wildman–Crippen LogP) is 15.8. The van der Waals surface area contributed by atoms with Crippen molar-refractivity contribution in [1.82, 2.24) is 5.32 Å². The van der Waals surface area contributed by atoms with Gasteiger partial charge in [-0.15, -0.1) is 0 Å². The lowest BCUT2D eigenvalue weighted by molar-refractivity contribution is -0.121. The van der Waals surface area contributed by atoms with Crippen molar-refractivity contribution in [3.05, 3.63) is 0 Å². The molecule has 1 atom stereocenters. The van der Waals surface area contributed by atoms with Crippen LogP contribution in [-0.4, -0.2) is 29.4 Å². The summed E-state index contributed by atoms with van der Waals surface area (Å²) in [4.78, 5) is 24.4. The van der Waals surface area contributed by atoms with Crippen LogP contribution in [0.3, 0.4) is 0 Å². The monoisotopic (exact) mass is 748 g/mol. The van der Waals surface area contributed by atoms with Crippen LogP contribution in [0.15, 0.2) is 0 Å². The van der Waals surface area contributed by atoms with Crippen molar-refractivity contribution in [3.63, 3.8) is 0 Å². The number of carbonyl (C=O) groups excluding carboxylic acids is 2. The van der Waals surface area contributed by atoms with Crippen molar-refractivity contribution in [3.8, 4) is 0 Å². The molecule has 0 bridgehead atoms. The van der Waals surface area contributed by atoms with Gasteiger partial charge in [-0.2, -0.15) is 0 Å². The summed E-state index contributed by atoms with van der Waals surface area (Å²) in [6.07, 6.45) is 54.0.